The minimum absolute atomic E-state index is 0.00658. The summed E-state index contributed by atoms with van der Waals surface area (Å²) >= 11 is 0. The Morgan fingerprint density at radius 3 is 2.73 bits per heavy atom. The number of carbonyl (C=O) groups is 2. The van der Waals surface area contributed by atoms with Crippen LogP contribution in [0.25, 0.3) is 0 Å². The Labute approximate surface area is 174 Å². The number of aromatic nitrogens is 1. The van der Waals surface area contributed by atoms with E-state index in [-0.39, 0.29) is 17.9 Å². The molecule has 1 aliphatic heterocycles. The van der Waals surface area contributed by atoms with Crippen molar-refractivity contribution in [1.29, 1.82) is 0 Å². The number of hydrogen-bond acceptors (Lipinski definition) is 5. The van der Waals surface area contributed by atoms with Gasteiger partial charge in [0.25, 0.3) is 11.8 Å². The van der Waals surface area contributed by atoms with Crippen LogP contribution in [0.5, 0.6) is 5.75 Å². The number of amides is 2. The van der Waals surface area contributed by atoms with E-state index in [0.717, 1.165) is 18.4 Å². The maximum absolute atomic E-state index is 12.5. The van der Waals surface area contributed by atoms with Gasteiger partial charge in [-0.05, 0) is 35.9 Å². The predicted molar refractivity (Wildman–Crippen MR) is 110 cm³/mol. The Morgan fingerprint density at radius 2 is 2.00 bits per heavy atom. The van der Waals surface area contributed by atoms with Crippen molar-refractivity contribution in [3.8, 4) is 5.75 Å². The Balaban J connectivity index is 1.29. The van der Waals surface area contributed by atoms with Gasteiger partial charge in [0.2, 0.25) is 0 Å². The number of rotatable bonds is 6. The van der Waals surface area contributed by atoms with Gasteiger partial charge in [0.05, 0.1) is 11.8 Å². The van der Waals surface area contributed by atoms with Gasteiger partial charge in [-0.1, -0.05) is 12.1 Å². The van der Waals surface area contributed by atoms with Crippen molar-refractivity contribution < 1.29 is 18.7 Å². The summed E-state index contributed by atoms with van der Waals surface area (Å²) in [7, 11) is 0. The molecule has 1 fully saturated rings. The highest BCUT2D eigenvalue weighted by Gasteiger charge is 2.25. The zero-order valence-corrected chi connectivity index (χ0v) is 16.5. The monoisotopic (exact) mass is 405 g/mol. The average Bonchev–Trinajstić information content (AvgIpc) is 3.33. The van der Waals surface area contributed by atoms with Crippen LogP contribution in [-0.4, -0.2) is 40.9 Å². The standard InChI is InChI=1S/C23H23N3O4/c27-22(25-15-17-3-2-9-24-14-17)18-4-1-5-21(13-18)30-20-6-10-26(11-7-20)23(28)19-8-12-29-16-19/h1-5,8-9,12-14,16,20H,6-7,10-11,15H2,(H,25,27). The molecule has 1 aliphatic rings. The van der Waals surface area contributed by atoms with Crippen molar-refractivity contribution in [3.05, 3.63) is 84.1 Å². The van der Waals surface area contributed by atoms with Crippen molar-refractivity contribution in [1.82, 2.24) is 15.2 Å². The van der Waals surface area contributed by atoms with Gasteiger partial charge in [-0.15, -0.1) is 0 Å². The summed E-state index contributed by atoms with van der Waals surface area (Å²) in [6.07, 6.45) is 7.88. The second kappa shape index (κ2) is 9.26. The van der Waals surface area contributed by atoms with Crippen LogP contribution in [0.2, 0.25) is 0 Å². The number of nitrogens with one attached hydrogen (secondary N) is 1. The molecule has 1 saturated heterocycles. The molecule has 2 aromatic heterocycles. The molecule has 0 aliphatic carbocycles. The van der Waals surface area contributed by atoms with E-state index in [1.54, 1.807) is 30.6 Å². The molecule has 0 saturated carbocycles. The lowest BCUT2D eigenvalue weighted by Crippen LogP contribution is -2.41. The topological polar surface area (TPSA) is 84.7 Å². The zero-order valence-electron chi connectivity index (χ0n) is 16.5. The maximum atomic E-state index is 12.5. The van der Waals surface area contributed by atoms with E-state index in [1.165, 1.54) is 12.5 Å². The fourth-order valence-electron chi connectivity index (χ4n) is 3.44. The van der Waals surface area contributed by atoms with E-state index < -0.39 is 0 Å². The number of pyridine rings is 1. The number of hydrogen-bond donors (Lipinski definition) is 1. The summed E-state index contributed by atoms with van der Waals surface area (Å²) in [6, 6.07) is 12.6. The van der Waals surface area contributed by atoms with E-state index in [1.807, 2.05) is 29.2 Å². The molecular weight excluding hydrogens is 382 g/mol. The highest BCUT2D eigenvalue weighted by atomic mass is 16.5. The van der Waals surface area contributed by atoms with Crippen LogP contribution >= 0.6 is 0 Å². The number of nitrogens with zero attached hydrogens (tertiary/aromatic N) is 2. The number of piperidine rings is 1. The van der Waals surface area contributed by atoms with Gasteiger partial charge < -0.3 is 19.4 Å². The van der Waals surface area contributed by atoms with Crippen molar-refractivity contribution in [2.45, 2.75) is 25.5 Å². The van der Waals surface area contributed by atoms with Gasteiger partial charge in [0, 0.05) is 50.4 Å². The van der Waals surface area contributed by atoms with Crippen LogP contribution in [-0.2, 0) is 6.54 Å². The Bertz CT molecular complexity index is 981. The second-order valence-corrected chi connectivity index (χ2v) is 7.19. The smallest absolute Gasteiger partial charge is 0.257 e. The van der Waals surface area contributed by atoms with Gasteiger partial charge in [-0.25, -0.2) is 0 Å². The molecular formula is C23H23N3O4. The molecule has 3 aromatic rings. The summed E-state index contributed by atoms with van der Waals surface area (Å²) < 4.78 is 11.1. The number of carbonyl (C=O) groups excluding carboxylic acids is 2. The molecule has 4 rings (SSSR count). The third-order valence-corrected chi connectivity index (χ3v) is 5.07. The zero-order chi connectivity index (χ0) is 20.8. The first-order valence-electron chi connectivity index (χ1n) is 9.94. The minimum Gasteiger partial charge on any atom is -0.490 e. The highest BCUT2D eigenvalue weighted by Crippen LogP contribution is 2.21. The van der Waals surface area contributed by atoms with E-state index in [4.69, 9.17) is 9.15 Å². The molecule has 1 aromatic carbocycles. The Hall–Kier alpha value is -3.61. The lowest BCUT2D eigenvalue weighted by atomic mass is 10.1. The fraction of sp³-hybridized carbons (Fsp3) is 0.261. The van der Waals surface area contributed by atoms with E-state index in [0.29, 0.717) is 36.5 Å². The molecule has 0 radical (unpaired) electrons. The van der Waals surface area contributed by atoms with E-state index in [9.17, 15) is 9.59 Å². The summed E-state index contributed by atoms with van der Waals surface area (Å²) in [6.45, 7) is 1.67. The molecule has 0 bridgehead atoms. The first-order chi connectivity index (χ1) is 14.7. The van der Waals surface area contributed by atoms with Crippen LogP contribution in [0.4, 0.5) is 0 Å². The molecule has 0 unspecified atom stereocenters. The van der Waals surface area contributed by atoms with Crippen molar-refractivity contribution in [2.75, 3.05) is 13.1 Å². The first kappa shape index (κ1) is 19.7. The fourth-order valence-corrected chi connectivity index (χ4v) is 3.44. The molecule has 3 heterocycles. The van der Waals surface area contributed by atoms with E-state index in [2.05, 4.69) is 10.3 Å². The maximum Gasteiger partial charge on any atom is 0.257 e. The second-order valence-electron chi connectivity index (χ2n) is 7.19. The third kappa shape index (κ3) is 4.86. The van der Waals surface area contributed by atoms with Gasteiger partial charge >= 0.3 is 0 Å². The van der Waals surface area contributed by atoms with Gasteiger partial charge in [-0.2, -0.15) is 0 Å². The molecule has 30 heavy (non-hydrogen) atoms. The molecule has 7 heteroatoms. The van der Waals surface area contributed by atoms with E-state index >= 15 is 0 Å². The summed E-state index contributed by atoms with van der Waals surface area (Å²) in [5.41, 5.74) is 2.05. The minimum atomic E-state index is -0.162. The number of benzene rings is 1. The number of likely N-dealkylation sites (tertiary alicyclic amines) is 1. The summed E-state index contributed by atoms with van der Waals surface area (Å²) in [5.74, 6) is 0.475. The molecule has 1 N–H and O–H groups in total. The highest BCUT2D eigenvalue weighted by molar-refractivity contribution is 5.94. The van der Waals surface area contributed by atoms with Gasteiger partial charge in [0.15, 0.2) is 0 Å². The summed E-state index contributed by atoms with van der Waals surface area (Å²) in [4.78, 5) is 30.7. The molecule has 0 atom stereocenters. The molecule has 154 valence electrons. The SMILES string of the molecule is O=C(NCc1cccnc1)c1cccc(OC2CCN(C(=O)c3ccoc3)CC2)c1. The van der Waals surface area contributed by atoms with Crippen LogP contribution < -0.4 is 10.1 Å². The third-order valence-electron chi connectivity index (χ3n) is 5.07. The predicted octanol–water partition coefficient (Wildman–Crippen LogP) is 3.29. The van der Waals surface area contributed by atoms with Crippen LogP contribution in [0.3, 0.4) is 0 Å². The Kier molecular flexibility index (Phi) is 6.08. The van der Waals surface area contributed by atoms with Crippen LogP contribution in [0.15, 0.2) is 71.8 Å². The quantitative estimate of drug-likeness (QED) is 0.680. The molecule has 2 amide bonds. The lowest BCUT2D eigenvalue weighted by Gasteiger charge is -2.32. The lowest BCUT2D eigenvalue weighted by molar-refractivity contribution is 0.0594. The Morgan fingerprint density at radius 1 is 1.13 bits per heavy atom. The van der Waals surface area contributed by atoms with Crippen molar-refractivity contribution >= 4 is 11.8 Å². The number of ether oxygens (including phenoxy) is 1. The van der Waals surface area contributed by atoms with Crippen LogP contribution in [0, 0.1) is 0 Å². The number of furan rings is 1. The normalized spacial score (nSPS) is 14.3. The molecule has 0 spiro atoms. The van der Waals surface area contributed by atoms with Gasteiger partial charge in [0.1, 0.15) is 18.1 Å². The van der Waals surface area contributed by atoms with Crippen LogP contribution in [0.1, 0.15) is 39.1 Å². The van der Waals surface area contributed by atoms with Crippen molar-refractivity contribution in [2.24, 2.45) is 0 Å². The average molecular weight is 405 g/mol. The van der Waals surface area contributed by atoms with Crippen molar-refractivity contribution in [3.63, 3.8) is 0 Å². The summed E-state index contributed by atoms with van der Waals surface area (Å²) in [5, 5.41) is 2.89. The molecule has 7 nitrogen and oxygen atoms in total. The first-order valence-corrected chi connectivity index (χ1v) is 9.94. The largest absolute Gasteiger partial charge is 0.490 e. The van der Waals surface area contributed by atoms with Gasteiger partial charge in [-0.3, -0.25) is 14.6 Å².